The van der Waals surface area contributed by atoms with Gasteiger partial charge in [-0.3, -0.25) is 14.7 Å². The van der Waals surface area contributed by atoms with Crippen LogP contribution in [0.4, 0.5) is 21.0 Å². The van der Waals surface area contributed by atoms with E-state index in [2.05, 4.69) is 30.7 Å². The fraction of sp³-hybridized carbons (Fsp3) is 0.433. The zero-order valence-electron chi connectivity index (χ0n) is 23.6. The molecule has 3 aliphatic rings. The highest BCUT2D eigenvalue weighted by Gasteiger charge is 2.45. The van der Waals surface area contributed by atoms with Gasteiger partial charge in [-0.25, -0.2) is 14.2 Å². The summed E-state index contributed by atoms with van der Waals surface area (Å²) in [7, 11) is 1.48. The van der Waals surface area contributed by atoms with Crippen molar-refractivity contribution in [3.05, 3.63) is 59.2 Å². The summed E-state index contributed by atoms with van der Waals surface area (Å²) in [5.41, 5.74) is 7.61. The van der Waals surface area contributed by atoms with E-state index in [9.17, 15) is 9.59 Å². The third-order valence-electron chi connectivity index (χ3n) is 8.03. The Bertz CT molecular complexity index is 1540. The van der Waals surface area contributed by atoms with Crippen molar-refractivity contribution in [2.24, 2.45) is 11.1 Å². The molecule has 1 saturated carbocycles. The number of nitrogens with zero attached hydrogens (tertiary/aromatic N) is 5. The SMILES string of the molecule is COc1cccc(F)c1-c1nccc2c1CN(c1cc(C3CC3)nc(N3CC[C@@H](OC(N)=O)C3C(C)(C)C)n1)C2=O. The molecule has 214 valence electrons. The van der Waals surface area contributed by atoms with Gasteiger partial charge in [0.05, 0.1) is 36.6 Å². The molecule has 1 unspecified atom stereocenters. The third kappa shape index (κ3) is 4.83. The van der Waals surface area contributed by atoms with E-state index in [4.69, 9.17) is 25.2 Å². The molecule has 0 bridgehead atoms. The molecule has 2 aromatic heterocycles. The fourth-order valence-electron chi connectivity index (χ4n) is 6.11. The molecule has 3 aromatic rings. The van der Waals surface area contributed by atoms with Crippen LogP contribution in [0.15, 0.2) is 36.5 Å². The second-order valence-electron chi connectivity index (χ2n) is 11.9. The Kier molecular flexibility index (Phi) is 6.55. The van der Waals surface area contributed by atoms with Gasteiger partial charge in [0.25, 0.3) is 5.91 Å². The molecule has 11 heteroatoms. The van der Waals surface area contributed by atoms with Crippen LogP contribution in [0.5, 0.6) is 5.75 Å². The van der Waals surface area contributed by atoms with E-state index in [-0.39, 0.29) is 29.5 Å². The van der Waals surface area contributed by atoms with E-state index in [1.807, 2.05) is 6.07 Å². The van der Waals surface area contributed by atoms with Crippen molar-refractivity contribution in [3.8, 4) is 17.0 Å². The van der Waals surface area contributed by atoms with Crippen molar-refractivity contribution in [2.45, 2.75) is 64.6 Å². The molecule has 2 amide bonds. The van der Waals surface area contributed by atoms with Crippen molar-refractivity contribution in [1.82, 2.24) is 15.0 Å². The standard InChI is InChI=1S/C30H33FN6O4/c1-30(2,3)26-22(41-28(32)39)11-13-36(26)29-34-20(16-8-9-16)14-23(35-29)37-15-18-17(27(37)38)10-12-33-25(18)24-19(31)6-5-7-21(24)40-4/h5-7,10,12,14,16,22,26H,8-9,11,13,15H2,1-4H3,(H2,32,39)/t22-,26?/m1/s1. The summed E-state index contributed by atoms with van der Waals surface area (Å²) < 4.78 is 26.0. The highest BCUT2D eigenvalue weighted by molar-refractivity contribution is 6.10. The van der Waals surface area contributed by atoms with Gasteiger partial charge in [-0.15, -0.1) is 0 Å². The Hall–Kier alpha value is -4.28. The number of carbonyl (C=O) groups is 2. The average Bonchev–Trinajstić information content (AvgIpc) is 3.61. The van der Waals surface area contributed by atoms with Crippen LogP contribution in [-0.4, -0.2) is 52.8 Å². The highest BCUT2D eigenvalue weighted by atomic mass is 19.1. The number of carbonyl (C=O) groups excluding carboxylic acids is 2. The molecular formula is C30H33FN6O4. The highest BCUT2D eigenvalue weighted by Crippen LogP contribution is 2.44. The van der Waals surface area contributed by atoms with Gasteiger partial charge in [0.1, 0.15) is 23.5 Å². The lowest BCUT2D eigenvalue weighted by Gasteiger charge is -2.37. The van der Waals surface area contributed by atoms with Crippen LogP contribution in [-0.2, 0) is 11.3 Å². The Balaban J connectivity index is 1.40. The summed E-state index contributed by atoms with van der Waals surface area (Å²) in [6.45, 7) is 6.97. The van der Waals surface area contributed by atoms with Crippen LogP contribution in [0.2, 0.25) is 0 Å². The number of rotatable bonds is 6. The summed E-state index contributed by atoms with van der Waals surface area (Å²) >= 11 is 0. The van der Waals surface area contributed by atoms with Crippen LogP contribution < -0.4 is 20.3 Å². The molecule has 1 aromatic carbocycles. The predicted molar refractivity (Wildman–Crippen MR) is 150 cm³/mol. The van der Waals surface area contributed by atoms with Gasteiger partial charge in [0.15, 0.2) is 0 Å². The number of halogens is 1. The molecule has 1 aliphatic carbocycles. The number of ether oxygens (including phenoxy) is 2. The smallest absolute Gasteiger partial charge is 0.404 e. The maximum absolute atomic E-state index is 15.0. The maximum Gasteiger partial charge on any atom is 0.404 e. The lowest BCUT2D eigenvalue weighted by atomic mass is 9.84. The minimum atomic E-state index is -0.809. The first-order valence-electron chi connectivity index (χ1n) is 13.8. The van der Waals surface area contributed by atoms with Gasteiger partial charge in [0, 0.05) is 42.3 Å². The van der Waals surface area contributed by atoms with E-state index in [0.29, 0.717) is 53.2 Å². The van der Waals surface area contributed by atoms with Crippen LogP contribution in [0.3, 0.4) is 0 Å². The number of fused-ring (bicyclic) bond motifs is 1. The minimum absolute atomic E-state index is 0.172. The number of pyridine rings is 1. The number of nitrogens with two attached hydrogens (primary N) is 1. The van der Waals surface area contributed by atoms with Crippen molar-refractivity contribution in [3.63, 3.8) is 0 Å². The molecule has 6 rings (SSSR count). The molecule has 2 atom stereocenters. The first kappa shape index (κ1) is 26.9. The van der Waals surface area contributed by atoms with Crippen LogP contribution in [0.25, 0.3) is 11.3 Å². The number of methoxy groups -OCH3 is 1. The van der Waals surface area contributed by atoms with Gasteiger partial charge in [-0.1, -0.05) is 26.8 Å². The van der Waals surface area contributed by atoms with Crippen molar-refractivity contribution >= 4 is 23.8 Å². The average molecular weight is 561 g/mol. The topological polar surface area (TPSA) is 124 Å². The van der Waals surface area contributed by atoms with E-state index >= 15 is 4.39 Å². The van der Waals surface area contributed by atoms with Crippen molar-refractivity contribution in [2.75, 3.05) is 23.5 Å². The van der Waals surface area contributed by atoms with Gasteiger partial charge in [-0.05, 0) is 36.5 Å². The lowest BCUT2D eigenvalue weighted by molar-refractivity contribution is 0.0751. The Labute approximate surface area is 237 Å². The second kappa shape index (κ2) is 9.97. The van der Waals surface area contributed by atoms with Crippen LogP contribution >= 0.6 is 0 Å². The molecule has 0 radical (unpaired) electrons. The van der Waals surface area contributed by atoms with Crippen molar-refractivity contribution < 1.29 is 23.5 Å². The Morgan fingerprint density at radius 1 is 1.15 bits per heavy atom. The quantitative estimate of drug-likeness (QED) is 0.456. The van der Waals surface area contributed by atoms with E-state index in [1.165, 1.54) is 19.4 Å². The number of anilines is 2. The summed E-state index contributed by atoms with van der Waals surface area (Å²) in [5.74, 6) is 0.866. The number of hydrogen-bond acceptors (Lipinski definition) is 8. The van der Waals surface area contributed by atoms with Crippen LogP contribution in [0, 0.1) is 11.2 Å². The minimum Gasteiger partial charge on any atom is -0.496 e. The van der Waals surface area contributed by atoms with E-state index in [1.54, 1.807) is 23.1 Å². The number of benzene rings is 1. The van der Waals surface area contributed by atoms with Gasteiger partial charge in [-0.2, -0.15) is 4.98 Å². The molecule has 41 heavy (non-hydrogen) atoms. The van der Waals surface area contributed by atoms with Gasteiger partial charge < -0.3 is 20.1 Å². The molecule has 1 saturated heterocycles. The second-order valence-corrected chi connectivity index (χ2v) is 11.9. The van der Waals surface area contributed by atoms with Crippen LogP contribution in [0.1, 0.15) is 67.6 Å². The molecule has 2 fully saturated rings. The largest absolute Gasteiger partial charge is 0.496 e. The third-order valence-corrected chi connectivity index (χ3v) is 8.03. The first-order valence-corrected chi connectivity index (χ1v) is 13.8. The molecule has 10 nitrogen and oxygen atoms in total. The number of aromatic nitrogens is 3. The maximum atomic E-state index is 15.0. The normalized spacial score (nSPS) is 20.4. The number of amides is 2. The monoisotopic (exact) mass is 560 g/mol. The summed E-state index contributed by atoms with van der Waals surface area (Å²) in [6.07, 6.45) is 2.91. The molecule has 2 N–H and O–H groups in total. The van der Waals surface area contributed by atoms with Crippen molar-refractivity contribution in [1.29, 1.82) is 0 Å². The van der Waals surface area contributed by atoms with E-state index in [0.717, 1.165) is 18.5 Å². The number of hydrogen-bond donors (Lipinski definition) is 1. The van der Waals surface area contributed by atoms with Gasteiger partial charge >= 0.3 is 6.09 Å². The summed E-state index contributed by atoms with van der Waals surface area (Å²) in [6, 6.07) is 7.91. The molecule has 4 heterocycles. The van der Waals surface area contributed by atoms with E-state index < -0.39 is 18.0 Å². The Morgan fingerprint density at radius 3 is 2.61 bits per heavy atom. The zero-order valence-corrected chi connectivity index (χ0v) is 23.6. The molecule has 0 spiro atoms. The van der Waals surface area contributed by atoms with Gasteiger partial charge in [0.2, 0.25) is 5.95 Å². The fourth-order valence-corrected chi connectivity index (χ4v) is 6.11. The zero-order chi connectivity index (χ0) is 29.1. The molecular weight excluding hydrogens is 527 g/mol. The summed E-state index contributed by atoms with van der Waals surface area (Å²) in [4.78, 5) is 43.4. The Morgan fingerprint density at radius 2 is 1.93 bits per heavy atom. The molecule has 2 aliphatic heterocycles. The first-order chi connectivity index (χ1) is 19.6. The summed E-state index contributed by atoms with van der Waals surface area (Å²) in [5, 5.41) is 0. The number of primary amides is 1. The lowest BCUT2D eigenvalue weighted by Crippen LogP contribution is -2.47. The predicted octanol–water partition coefficient (Wildman–Crippen LogP) is 4.81.